The topological polar surface area (TPSA) is 84.6 Å². The Bertz CT molecular complexity index is 827. The Morgan fingerprint density at radius 3 is 2.77 bits per heavy atom. The number of phenolic OH excluding ortho intramolecular Hbond substituents is 1. The van der Waals surface area contributed by atoms with Crippen LogP contribution in [0.25, 0.3) is 0 Å². The molecule has 0 saturated carbocycles. The lowest BCUT2D eigenvalue weighted by atomic mass is 9.86. The van der Waals surface area contributed by atoms with E-state index in [-0.39, 0.29) is 30.6 Å². The zero-order chi connectivity index (χ0) is 19.1. The fraction of sp³-hybridized carbons (Fsp3) is 0.500. The van der Waals surface area contributed by atoms with Crippen molar-refractivity contribution in [1.29, 1.82) is 0 Å². The van der Waals surface area contributed by atoms with Crippen LogP contribution >= 0.6 is 0 Å². The average Bonchev–Trinajstić information content (AvgIpc) is 3.23. The minimum absolute atomic E-state index is 0.0639. The van der Waals surface area contributed by atoms with E-state index in [9.17, 15) is 15.0 Å². The minimum atomic E-state index is -0.699. The van der Waals surface area contributed by atoms with Gasteiger partial charge in [0.1, 0.15) is 23.4 Å². The zero-order valence-corrected chi connectivity index (χ0v) is 15.7. The maximum Gasteiger partial charge on any atom is 0.232 e. The van der Waals surface area contributed by atoms with Crippen molar-refractivity contribution in [3.63, 3.8) is 0 Å². The van der Waals surface area contributed by atoms with Crippen molar-refractivity contribution in [2.75, 3.05) is 6.61 Å². The van der Waals surface area contributed by atoms with Gasteiger partial charge >= 0.3 is 0 Å². The molecule has 1 aromatic carbocycles. The van der Waals surface area contributed by atoms with Gasteiger partial charge < -0.3 is 14.9 Å². The fourth-order valence-electron chi connectivity index (χ4n) is 3.70. The smallest absolute Gasteiger partial charge is 0.232 e. The van der Waals surface area contributed by atoms with Gasteiger partial charge in [0.2, 0.25) is 5.91 Å². The number of hydrogen-bond donors (Lipinski definition) is 2. The SMILES string of the molecule is Cc1c(O)c(C(C)C)c2c(c1CCC(=O)n1ccnc1)OC(C)(CO)C2. The molecule has 3 rings (SSSR count). The van der Waals surface area contributed by atoms with Crippen LogP contribution in [0.4, 0.5) is 0 Å². The predicted octanol–water partition coefficient (Wildman–Crippen LogP) is 2.98. The number of hydrogen-bond acceptors (Lipinski definition) is 5. The number of aromatic hydroxyl groups is 1. The summed E-state index contributed by atoms with van der Waals surface area (Å²) in [5.74, 6) is 1.06. The van der Waals surface area contributed by atoms with Crippen LogP contribution in [-0.2, 0) is 12.8 Å². The average molecular weight is 358 g/mol. The number of rotatable bonds is 5. The summed E-state index contributed by atoms with van der Waals surface area (Å²) in [4.78, 5) is 16.2. The van der Waals surface area contributed by atoms with Crippen molar-refractivity contribution in [2.45, 2.75) is 58.5 Å². The third-order valence-electron chi connectivity index (χ3n) is 5.13. The molecule has 1 atom stereocenters. The summed E-state index contributed by atoms with van der Waals surface area (Å²) in [6.45, 7) is 7.68. The van der Waals surface area contributed by atoms with Crippen LogP contribution in [0, 0.1) is 6.92 Å². The number of fused-ring (bicyclic) bond motifs is 1. The van der Waals surface area contributed by atoms with Gasteiger partial charge in [-0.05, 0) is 31.7 Å². The number of phenols is 1. The van der Waals surface area contributed by atoms with E-state index in [4.69, 9.17) is 4.74 Å². The van der Waals surface area contributed by atoms with Crippen LogP contribution in [0.5, 0.6) is 11.5 Å². The molecule has 2 N–H and O–H groups in total. The zero-order valence-electron chi connectivity index (χ0n) is 15.7. The van der Waals surface area contributed by atoms with E-state index in [1.807, 2.05) is 27.7 Å². The fourth-order valence-corrected chi connectivity index (χ4v) is 3.70. The Balaban J connectivity index is 2.00. The molecule has 1 unspecified atom stereocenters. The summed E-state index contributed by atoms with van der Waals surface area (Å²) in [5.41, 5.74) is 2.71. The van der Waals surface area contributed by atoms with Crippen LogP contribution in [0.15, 0.2) is 18.7 Å². The lowest BCUT2D eigenvalue weighted by molar-refractivity contribution is 0.0439. The monoisotopic (exact) mass is 358 g/mol. The molecule has 1 aromatic heterocycles. The summed E-state index contributed by atoms with van der Waals surface area (Å²) in [5, 5.41) is 20.5. The first kappa shape index (κ1) is 18.5. The Morgan fingerprint density at radius 2 is 2.19 bits per heavy atom. The highest BCUT2D eigenvalue weighted by Gasteiger charge is 2.39. The molecule has 2 aromatic rings. The molecular weight excluding hydrogens is 332 g/mol. The lowest BCUT2D eigenvalue weighted by Gasteiger charge is -2.22. The molecule has 0 amide bonds. The van der Waals surface area contributed by atoms with Crippen molar-refractivity contribution >= 4 is 5.91 Å². The number of aromatic nitrogens is 2. The molecule has 0 fully saturated rings. The van der Waals surface area contributed by atoms with Gasteiger partial charge in [0, 0.05) is 41.9 Å². The second-order valence-electron chi connectivity index (χ2n) is 7.58. The molecule has 6 heteroatoms. The third-order valence-corrected chi connectivity index (χ3v) is 5.13. The van der Waals surface area contributed by atoms with Crippen LogP contribution in [-0.4, -0.2) is 37.9 Å². The second-order valence-corrected chi connectivity index (χ2v) is 7.58. The Morgan fingerprint density at radius 1 is 1.46 bits per heavy atom. The highest BCUT2D eigenvalue weighted by atomic mass is 16.5. The van der Waals surface area contributed by atoms with Crippen LogP contribution in [0.2, 0.25) is 0 Å². The first-order valence-electron chi connectivity index (χ1n) is 8.95. The van der Waals surface area contributed by atoms with Gasteiger partial charge in [0.25, 0.3) is 0 Å². The number of ether oxygens (including phenoxy) is 1. The van der Waals surface area contributed by atoms with Gasteiger partial charge in [-0.3, -0.25) is 9.36 Å². The molecule has 2 heterocycles. The molecule has 1 aliphatic heterocycles. The summed E-state index contributed by atoms with van der Waals surface area (Å²) in [7, 11) is 0. The molecule has 0 aliphatic carbocycles. The van der Waals surface area contributed by atoms with Gasteiger partial charge in [-0.25, -0.2) is 4.98 Å². The molecular formula is C20H26N2O4. The van der Waals surface area contributed by atoms with E-state index >= 15 is 0 Å². The highest BCUT2D eigenvalue weighted by Crippen LogP contribution is 2.48. The van der Waals surface area contributed by atoms with Crippen molar-refractivity contribution in [2.24, 2.45) is 0 Å². The van der Waals surface area contributed by atoms with Gasteiger partial charge in [-0.2, -0.15) is 0 Å². The van der Waals surface area contributed by atoms with Crippen molar-refractivity contribution < 1.29 is 19.7 Å². The summed E-state index contributed by atoms with van der Waals surface area (Å²) < 4.78 is 7.59. The summed E-state index contributed by atoms with van der Waals surface area (Å²) >= 11 is 0. The predicted molar refractivity (Wildman–Crippen MR) is 97.9 cm³/mol. The third kappa shape index (κ3) is 3.09. The first-order chi connectivity index (χ1) is 12.3. The van der Waals surface area contributed by atoms with E-state index in [0.29, 0.717) is 12.8 Å². The second kappa shape index (κ2) is 6.76. The Hall–Kier alpha value is -2.34. The lowest BCUT2D eigenvalue weighted by Crippen LogP contribution is -2.34. The molecule has 0 saturated heterocycles. The molecule has 0 radical (unpaired) electrons. The maximum absolute atomic E-state index is 12.3. The van der Waals surface area contributed by atoms with E-state index in [1.165, 1.54) is 10.9 Å². The molecule has 0 spiro atoms. The summed E-state index contributed by atoms with van der Waals surface area (Å²) in [6, 6.07) is 0. The maximum atomic E-state index is 12.3. The minimum Gasteiger partial charge on any atom is -0.507 e. The summed E-state index contributed by atoms with van der Waals surface area (Å²) in [6.07, 6.45) is 5.96. The number of benzene rings is 1. The van der Waals surface area contributed by atoms with Crippen molar-refractivity contribution in [1.82, 2.24) is 9.55 Å². The van der Waals surface area contributed by atoms with E-state index in [0.717, 1.165) is 28.0 Å². The van der Waals surface area contributed by atoms with Gasteiger partial charge in [0.15, 0.2) is 0 Å². The number of carbonyl (C=O) groups excluding carboxylic acids is 1. The van der Waals surface area contributed by atoms with E-state index in [2.05, 4.69) is 4.98 Å². The Kier molecular flexibility index (Phi) is 4.80. The van der Waals surface area contributed by atoms with Crippen molar-refractivity contribution in [3.8, 4) is 11.5 Å². The van der Waals surface area contributed by atoms with E-state index < -0.39 is 5.60 Å². The standard InChI is InChI=1S/C20H26N2O4/c1-12(2)17-15-9-20(4,10-23)26-19(15)14(13(3)18(17)25)5-6-16(24)22-8-7-21-11-22/h7-8,11-12,23,25H,5-6,9-10H2,1-4H3. The first-order valence-corrected chi connectivity index (χ1v) is 8.95. The number of imidazole rings is 1. The highest BCUT2D eigenvalue weighted by molar-refractivity contribution is 5.79. The van der Waals surface area contributed by atoms with Gasteiger partial charge in [-0.1, -0.05) is 13.8 Å². The van der Waals surface area contributed by atoms with Crippen LogP contribution in [0.1, 0.15) is 60.2 Å². The molecule has 6 nitrogen and oxygen atoms in total. The normalized spacial score (nSPS) is 18.8. The quantitative estimate of drug-likeness (QED) is 0.858. The molecule has 0 bridgehead atoms. The molecule has 140 valence electrons. The number of nitrogens with zero attached hydrogens (tertiary/aromatic N) is 2. The Labute approximate surface area is 153 Å². The van der Waals surface area contributed by atoms with E-state index in [1.54, 1.807) is 12.4 Å². The number of carbonyl (C=O) groups is 1. The van der Waals surface area contributed by atoms with Crippen LogP contribution in [0.3, 0.4) is 0 Å². The molecule has 1 aliphatic rings. The molecule has 26 heavy (non-hydrogen) atoms. The largest absolute Gasteiger partial charge is 0.507 e. The van der Waals surface area contributed by atoms with Gasteiger partial charge in [-0.15, -0.1) is 0 Å². The number of aliphatic hydroxyl groups is 1. The van der Waals surface area contributed by atoms with Crippen LogP contribution < -0.4 is 4.74 Å². The number of aliphatic hydroxyl groups excluding tert-OH is 1. The van der Waals surface area contributed by atoms with Crippen molar-refractivity contribution in [3.05, 3.63) is 41.0 Å². The van der Waals surface area contributed by atoms with Gasteiger partial charge in [0.05, 0.1) is 6.61 Å².